The van der Waals surface area contributed by atoms with Crippen LogP contribution in [0.15, 0.2) is 30.3 Å². The fourth-order valence-corrected chi connectivity index (χ4v) is 3.64. The molecule has 9 heteroatoms. The van der Waals surface area contributed by atoms with Crippen LogP contribution in [0.2, 0.25) is 0 Å². The average Bonchev–Trinajstić information content (AvgIpc) is 3.00. The van der Waals surface area contributed by atoms with Crippen LogP contribution in [-0.2, 0) is 22.6 Å². The van der Waals surface area contributed by atoms with Crippen molar-refractivity contribution in [1.29, 1.82) is 5.26 Å². The van der Waals surface area contributed by atoms with Gasteiger partial charge in [-0.15, -0.1) is 0 Å². The summed E-state index contributed by atoms with van der Waals surface area (Å²) in [6.07, 6.45) is -2.19. The van der Waals surface area contributed by atoms with Crippen LogP contribution in [-0.4, -0.2) is 40.7 Å². The monoisotopic (exact) mass is 461 g/mol. The van der Waals surface area contributed by atoms with E-state index in [0.29, 0.717) is 39.5 Å². The van der Waals surface area contributed by atoms with Crippen molar-refractivity contribution in [1.82, 2.24) is 9.47 Å². The molecule has 0 aliphatic carbocycles. The highest BCUT2D eigenvalue weighted by molar-refractivity contribution is 5.98. The van der Waals surface area contributed by atoms with Gasteiger partial charge in [-0.05, 0) is 51.5 Å². The molecule has 33 heavy (non-hydrogen) atoms. The number of ether oxygens (including phenoxy) is 1. The van der Waals surface area contributed by atoms with E-state index in [9.17, 15) is 22.8 Å². The Hall–Kier alpha value is -3.54. The second-order valence-electron chi connectivity index (χ2n) is 7.38. The van der Waals surface area contributed by atoms with Crippen molar-refractivity contribution in [3.05, 3.63) is 64.0 Å². The van der Waals surface area contributed by atoms with Crippen molar-refractivity contribution in [2.75, 3.05) is 13.2 Å². The van der Waals surface area contributed by atoms with Gasteiger partial charge in [-0.3, -0.25) is 4.79 Å². The molecule has 1 heterocycles. The molecule has 6 nitrogen and oxygen atoms in total. The number of nitrogens with zero attached hydrogens (tertiary/aromatic N) is 3. The van der Waals surface area contributed by atoms with Gasteiger partial charge in [0.25, 0.3) is 0 Å². The van der Waals surface area contributed by atoms with Gasteiger partial charge in [-0.1, -0.05) is 12.1 Å². The van der Waals surface area contributed by atoms with Gasteiger partial charge in [0.05, 0.1) is 23.8 Å². The highest BCUT2D eigenvalue weighted by Crippen LogP contribution is 2.25. The minimum absolute atomic E-state index is 0.167. The van der Waals surface area contributed by atoms with Crippen molar-refractivity contribution >= 4 is 18.0 Å². The van der Waals surface area contributed by atoms with Crippen molar-refractivity contribution in [3.8, 4) is 6.07 Å². The molecule has 0 saturated heterocycles. The number of esters is 1. The fraction of sp³-hybridized carbons (Fsp3) is 0.375. The van der Waals surface area contributed by atoms with Crippen LogP contribution in [0.25, 0.3) is 6.08 Å². The van der Waals surface area contributed by atoms with E-state index in [1.807, 2.05) is 17.6 Å². The zero-order valence-electron chi connectivity index (χ0n) is 19.0. The topological polar surface area (TPSA) is 75.3 Å². The Morgan fingerprint density at radius 2 is 1.79 bits per heavy atom. The molecule has 0 N–H and O–H groups in total. The number of amides is 1. The molecule has 0 unspecified atom stereocenters. The smallest absolute Gasteiger partial charge is 0.406 e. The molecule has 0 aliphatic rings. The summed E-state index contributed by atoms with van der Waals surface area (Å²) in [5, 5.41) is 8.88. The lowest BCUT2D eigenvalue weighted by Gasteiger charge is -2.23. The van der Waals surface area contributed by atoms with Gasteiger partial charge in [0, 0.05) is 36.1 Å². The Morgan fingerprint density at radius 3 is 2.30 bits per heavy atom. The summed E-state index contributed by atoms with van der Waals surface area (Å²) in [6, 6.07) is 7.91. The lowest BCUT2D eigenvalue weighted by molar-refractivity contribution is -0.159. The lowest BCUT2D eigenvalue weighted by atomic mass is 10.1. The molecule has 2 aromatic rings. The van der Waals surface area contributed by atoms with E-state index in [2.05, 4.69) is 0 Å². The number of rotatable bonds is 8. The van der Waals surface area contributed by atoms with Crippen molar-refractivity contribution in [3.63, 3.8) is 0 Å². The van der Waals surface area contributed by atoms with Gasteiger partial charge in [0.1, 0.15) is 6.54 Å². The number of alkyl halides is 3. The summed E-state index contributed by atoms with van der Waals surface area (Å²) in [5.74, 6) is -1.41. The summed E-state index contributed by atoms with van der Waals surface area (Å²) in [7, 11) is 0. The summed E-state index contributed by atoms with van der Waals surface area (Å²) >= 11 is 0. The van der Waals surface area contributed by atoms with Crippen LogP contribution in [0.5, 0.6) is 0 Å². The van der Waals surface area contributed by atoms with Crippen LogP contribution < -0.4 is 0 Å². The first-order valence-corrected chi connectivity index (χ1v) is 10.4. The van der Waals surface area contributed by atoms with Crippen molar-refractivity contribution in [2.24, 2.45) is 0 Å². The van der Waals surface area contributed by atoms with E-state index in [1.165, 1.54) is 30.3 Å². The van der Waals surface area contributed by atoms with Crippen molar-refractivity contribution < 1.29 is 27.5 Å². The number of nitriles is 1. The number of benzene rings is 1. The molecule has 0 fully saturated rings. The Morgan fingerprint density at radius 1 is 1.15 bits per heavy atom. The van der Waals surface area contributed by atoms with Gasteiger partial charge in [-0.25, -0.2) is 4.79 Å². The molecule has 2 rings (SSSR count). The number of carbonyl (C=O) groups excluding carboxylic acids is 2. The number of halogens is 3. The zero-order valence-corrected chi connectivity index (χ0v) is 19.0. The van der Waals surface area contributed by atoms with Gasteiger partial charge < -0.3 is 14.2 Å². The van der Waals surface area contributed by atoms with E-state index in [0.717, 1.165) is 6.08 Å². The highest BCUT2D eigenvalue weighted by atomic mass is 19.4. The summed E-state index contributed by atoms with van der Waals surface area (Å²) < 4.78 is 46.4. The molecule has 176 valence electrons. The minimum Gasteiger partial charge on any atom is -0.462 e. The molecular formula is C24H26F3N3O3. The zero-order chi connectivity index (χ0) is 24.8. The van der Waals surface area contributed by atoms with Crippen LogP contribution in [0.4, 0.5) is 13.2 Å². The van der Waals surface area contributed by atoms with Crippen LogP contribution in [0.3, 0.4) is 0 Å². The number of aromatic nitrogens is 1. The minimum atomic E-state index is -4.59. The largest absolute Gasteiger partial charge is 0.462 e. The Kier molecular flexibility index (Phi) is 8.46. The molecule has 0 atom stereocenters. The quantitative estimate of drug-likeness (QED) is 0.419. The van der Waals surface area contributed by atoms with Gasteiger partial charge in [0.2, 0.25) is 5.91 Å². The maximum Gasteiger partial charge on any atom is 0.406 e. The third kappa shape index (κ3) is 6.48. The maximum absolute atomic E-state index is 13.1. The number of carbonyl (C=O) groups is 2. The third-order valence-corrected chi connectivity index (χ3v) is 5.16. The standard InChI is InChI=1S/C24H26F3N3O3/c1-5-30-16(3)20(22(17(30)4)23(32)33-6-2)11-12-21(31)29(15-24(25,26)27)14-19-9-7-18(13-28)8-10-19/h7-12H,5-6,14-15H2,1-4H3/b12-11+. The number of hydrogen-bond donors (Lipinski definition) is 0. The highest BCUT2D eigenvalue weighted by Gasteiger charge is 2.32. The first-order valence-electron chi connectivity index (χ1n) is 10.4. The second-order valence-corrected chi connectivity index (χ2v) is 7.38. The van der Waals surface area contributed by atoms with Crippen LogP contribution >= 0.6 is 0 Å². The molecule has 1 aromatic carbocycles. The average molecular weight is 461 g/mol. The predicted molar refractivity (Wildman–Crippen MR) is 117 cm³/mol. The van der Waals surface area contributed by atoms with Crippen LogP contribution in [0.1, 0.15) is 52.3 Å². The van der Waals surface area contributed by atoms with E-state index < -0.39 is 24.6 Å². The van der Waals surface area contributed by atoms with Gasteiger partial charge >= 0.3 is 12.1 Å². The van der Waals surface area contributed by atoms with Gasteiger partial charge in [-0.2, -0.15) is 18.4 Å². The first kappa shape index (κ1) is 25.7. The molecule has 0 spiro atoms. The second kappa shape index (κ2) is 10.9. The molecule has 0 radical (unpaired) electrons. The third-order valence-electron chi connectivity index (χ3n) is 5.16. The first-order chi connectivity index (χ1) is 15.5. The van der Waals surface area contributed by atoms with E-state index in [4.69, 9.17) is 10.00 Å². The Bertz CT molecular complexity index is 1080. The maximum atomic E-state index is 13.1. The molecule has 0 saturated carbocycles. The normalized spacial score (nSPS) is 11.5. The number of hydrogen-bond acceptors (Lipinski definition) is 4. The molecular weight excluding hydrogens is 435 g/mol. The lowest BCUT2D eigenvalue weighted by Crippen LogP contribution is -2.37. The SMILES string of the molecule is CCOC(=O)c1c(/C=C/C(=O)N(Cc2ccc(C#N)cc2)CC(F)(F)F)c(C)n(CC)c1C. The summed E-state index contributed by atoms with van der Waals surface area (Å²) in [4.78, 5) is 25.9. The molecule has 1 amide bonds. The van der Waals surface area contributed by atoms with E-state index >= 15 is 0 Å². The molecule has 0 aliphatic heterocycles. The van der Waals surface area contributed by atoms with Crippen molar-refractivity contribution in [2.45, 2.75) is 47.0 Å². The van der Waals surface area contributed by atoms with Crippen LogP contribution in [0, 0.1) is 25.2 Å². The van der Waals surface area contributed by atoms with Gasteiger partial charge in [0.15, 0.2) is 0 Å². The Balaban J connectivity index is 2.39. The van der Waals surface area contributed by atoms with E-state index in [1.54, 1.807) is 20.8 Å². The fourth-order valence-electron chi connectivity index (χ4n) is 3.64. The predicted octanol–water partition coefficient (Wildman–Crippen LogP) is 4.78. The Labute approximate surface area is 190 Å². The molecule has 1 aromatic heterocycles. The molecule has 0 bridgehead atoms. The van der Waals surface area contributed by atoms with E-state index in [-0.39, 0.29) is 18.7 Å². The summed E-state index contributed by atoms with van der Waals surface area (Å²) in [6.45, 7) is 6.12. The summed E-state index contributed by atoms with van der Waals surface area (Å²) in [5.41, 5.74) is 2.91.